The maximum Gasteiger partial charge on any atom is 0.0835 e. The van der Waals surface area contributed by atoms with E-state index in [-0.39, 0.29) is 5.66 Å². The summed E-state index contributed by atoms with van der Waals surface area (Å²) in [5, 5.41) is 6.90. The number of rotatable bonds is 1. The van der Waals surface area contributed by atoms with E-state index in [4.69, 9.17) is 0 Å². The van der Waals surface area contributed by atoms with Crippen LogP contribution in [0.15, 0.2) is 0 Å². The standard InChI is InChI=1S/C10H22N4/c1-10(9-12-3-6-13(10)2)14-7-4-11-5-8-14/h11-12H,3-9H2,1-2H3. The number of hydrogen-bond acceptors (Lipinski definition) is 4. The van der Waals surface area contributed by atoms with Gasteiger partial charge in [-0.25, -0.2) is 0 Å². The van der Waals surface area contributed by atoms with Crippen molar-refractivity contribution in [3.05, 3.63) is 0 Å². The van der Waals surface area contributed by atoms with Crippen LogP contribution in [0.1, 0.15) is 6.92 Å². The zero-order valence-corrected chi connectivity index (χ0v) is 9.34. The van der Waals surface area contributed by atoms with Gasteiger partial charge in [-0.1, -0.05) is 0 Å². The summed E-state index contributed by atoms with van der Waals surface area (Å²) in [5.74, 6) is 0. The van der Waals surface area contributed by atoms with E-state index in [2.05, 4.69) is 34.4 Å². The topological polar surface area (TPSA) is 30.5 Å². The minimum Gasteiger partial charge on any atom is -0.314 e. The second-order valence-electron chi connectivity index (χ2n) is 4.55. The third kappa shape index (κ3) is 1.80. The van der Waals surface area contributed by atoms with Crippen molar-refractivity contribution in [3.63, 3.8) is 0 Å². The molecule has 82 valence electrons. The van der Waals surface area contributed by atoms with Crippen molar-refractivity contribution in [2.24, 2.45) is 0 Å². The highest BCUT2D eigenvalue weighted by Gasteiger charge is 2.37. The van der Waals surface area contributed by atoms with Crippen LogP contribution >= 0.6 is 0 Å². The van der Waals surface area contributed by atoms with E-state index in [9.17, 15) is 0 Å². The summed E-state index contributed by atoms with van der Waals surface area (Å²) in [6.07, 6.45) is 0. The van der Waals surface area contributed by atoms with Crippen molar-refractivity contribution in [3.8, 4) is 0 Å². The highest BCUT2D eigenvalue weighted by Crippen LogP contribution is 2.20. The molecule has 1 atom stereocenters. The third-order valence-electron chi connectivity index (χ3n) is 3.70. The van der Waals surface area contributed by atoms with E-state index in [1.54, 1.807) is 0 Å². The molecule has 4 heteroatoms. The van der Waals surface area contributed by atoms with Crippen LogP contribution in [0.2, 0.25) is 0 Å². The molecule has 2 heterocycles. The van der Waals surface area contributed by atoms with Crippen molar-refractivity contribution in [2.45, 2.75) is 12.6 Å². The lowest BCUT2D eigenvalue weighted by Crippen LogP contribution is -2.69. The molecule has 4 nitrogen and oxygen atoms in total. The molecular weight excluding hydrogens is 176 g/mol. The molecule has 2 rings (SSSR count). The van der Waals surface area contributed by atoms with Gasteiger partial charge in [0.05, 0.1) is 5.66 Å². The fourth-order valence-electron chi connectivity index (χ4n) is 2.45. The number of likely N-dealkylation sites (N-methyl/N-ethyl adjacent to an activating group) is 1. The van der Waals surface area contributed by atoms with E-state index in [0.717, 1.165) is 32.7 Å². The lowest BCUT2D eigenvalue weighted by molar-refractivity contribution is -0.0513. The van der Waals surface area contributed by atoms with Gasteiger partial charge in [0.15, 0.2) is 0 Å². The van der Waals surface area contributed by atoms with Crippen LogP contribution in [0.5, 0.6) is 0 Å². The first kappa shape index (κ1) is 10.4. The van der Waals surface area contributed by atoms with Gasteiger partial charge < -0.3 is 10.6 Å². The fraction of sp³-hybridized carbons (Fsp3) is 1.00. The number of nitrogens with one attached hydrogen (secondary N) is 2. The average molecular weight is 198 g/mol. The molecule has 2 fully saturated rings. The largest absolute Gasteiger partial charge is 0.314 e. The Morgan fingerprint density at radius 2 is 1.64 bits per heavy atom. The first-order chi connectivity index (χ1) is 6.73. The van der Waals surface area contributed by atoms with E-state index >= 15 is 0 Å². The molecule has 14 heavy (non-hydrogen) atoms. The Morgan fingerprint density at radius 3 is 2.29 bits per heavy atom. The SMILES string of the molecule is CN1CCNCC1(C)N1CCNCC1. The smallest absolute Gasteiger partial charge is 0.0835 e. The fourth-order valence-corrected chi connectivity index (χ4v) is 2.45. The Kier molecular flexibility index (Phi) is 3.07. The zero-order valence-electron chi connectivity index (χ0n) is 9.34. The molecule has 1 unspecified atom stereocenters. The predicted molar refractivity (Wildman–Crippen MR) is 58.3 cm³/mol. The first-order valence-corrected chi connectivity index (χ1v) is 5.61. The molecule has 2 aliphatic rings. The summed E-state index contributed by atoms with van der Waals surface area (Å²) in [6, 6.07) is 0. The molecule has 2 N–H and O–H groups in total. The minimum atomic E-state index is 0.223. The molecule has 0 aromatic rings. The molecule has 0 amide bonds. The molecule has 0 aromatic carbocycles. The zero-order chi connectivity index (χ0) is 10.0. The Balaban J connectivity index is 2.03. The summed E-state index contributed by atoms with van der Waals surface area (Å²) >= 11 is 0. The quantitative estimate of drug-likeness (QED) is 0.574. The molecule has 2 saturated heterocycles. The lowest BCUT2D eigenvalue weighted by atomic mass is 10.1. The van der Waals surface area contributed by atoms with Gasteiger partial charge in [0.25, 0.3) is 0 Å². The van der Waals surface area contributed by atoms with Gasteiger partial charge >= 0.3 is 0 Å². The Bertz CT molecular complexity index is 191. The minimum absolute atomic E-state index is 0.223. The third-order valence-corrected chi connectivity index (χ3v) is 3.70. The van der Waals surface area contributed by atoms with E-state index in [1.165, 1.54) is 13.1 Å². The van der Waals surface area contributed by atoms with Crippen molar-refractivity contribution in [1.82, 2.24) is 20.4 Å². The molecule has 0 radical (unpaired) electrons. The van der Waals surface area contributed by atoms with Crippen LogP contribution in [0, 0.1) is 0 Å². The second-order valence-corrected chi connectivity index (χ2v) is 4.55. The number of hydrogen-bond donors (Lipinski definition) is 2. The van der Waals surface area contributed by atoms with Gasteiger partial charge in [0.2, 0.25) is 0 Å². The van der Waals surface area contributed by atoms with Crippen molar-refractivity contribution in [1.29, 1.82) is 0 Å². The van der Waals surface area contributed by atoms with Crippen LogP contribution in [-0.2, 0) is 0 Å². The van der Waals surface area contributed by atoms with E-state index in [1.807, 2.05) is 0 Å². The number of piperazine rings is 2. The Hall–Kier alpha value is -0.160. The van der Waals surface area contributed by atoms with Gasteiger partial charge in [0.1, 0.15) is 0 Å². The molecule has 0 saturated carbocycles. The van der Waals surface area contributed by atoms with Gasteiger partial charge in [-0.05, 0) is 14.0 Å². The summed E-state index contributed by atoms with van der Waals surface area (Å²) in [7, 11) is 2.24. The lowest BCUT2D eigenvalue weighted by Gasteiger charge is -2.51. The molecular formula is C10H22N4. The van der Waals surface area contributed by atoms with Gasteiger partial charge in [0, 0.05) is 45.8 Å². The van der Waals surface area contributed by atoms with Crippen LogP contribution in [-0.4, -0.2) is 68.3 Å². The average Bonchev–Trinajstić information content (AvgIpc) is 2.24. The Morgan fingerprint density at radius 1 is 1.00 bits per heavy atom. The van der Waals surface area contributed by atoms with Gasteiger partial charge in [-0.2, -0.15) is 0 Å². The van der Waals surface area contributed by atoms with Crippen LogP contribution in [0.4, 0.5) is 0 Å². The van der Waals surface area contributed by atoms with Gasteiger partial charge in [-0.15, -0.1) is 0 Å². The highest BCUT2D eigenvalue weighted by atomic mass is 15.4. The van der Waals surface area contributed by atoms with E-state index in [0.29, 0.717) is 0 Å². The summed E-state index contributed by atoms with van der Waals surface area (Å²) in [6.45, 7) is 10.3. The normalized spacial score (nSPS) is 37.3. The molecule has 0 bridgehead atoms. The number of nitrogens with zero attached hydrogens (tertiary/aromatic N) is 2. The second kappa shape index (κ2) is 4.14. The first-order valence-electron chi connectivity index (χ1n) is 5.61. The Labute approximate surface area is 86.6 Å². The predicted octanol–water partition coefficient (Wildman–Crippen LogP) is -0.857. The molecule has 0 aromatic heterocycles. The van der Waals surface area contributed by atoms with E-state index < -0.39 is 0 Å². The van der Waals surface area contributed by atoms with Crippen molar-refractivity contribution in [2.75, 3.05) is 52.9 Å². The monoisotopic (exact) mass is 198 g/mol. The maximum absolute atomic E-state index is 3.50. The molecule has 0 spiro atoms. The van der Waals surface area contributed by atoms with Crippen LogP contribution < -0.4 is 10.6 Å². The molecule has 2 aliphatic heterocycles. The summed E-state index contributed by atoms with van der Waals surface area (Å²) in [4.78, 5) is 5.07. The van der Waals surface area contributed by atoms with Crippen molar-refractivity contribution >= 4 is 0 Å². The van der Waals surface area contributed by atoms with Gasteiger partial charge in [-0.3, -0.25) is 9.80 Å². The maximum atomic E-state index is 3.50. The molecule has 0 aliphatic carbocycles. The van der Waals surface area contributed by atoms with Crippen molar-refractivity contribution < 1.29 is 0 Å². The highest BCUT2D eigenvalue weighted by molar-refractivity contribution is 4.92. The van der Waals surface area contributed by atoms with Crippen LogP contribution in [0.3, 0.4) is 0 Å². The summed E-state index contributed by atoms with van der Waals surface area (Å²) in [5.41, 5.74) is 0.223. The summed E-state index contributed by atoms with van der Waals surface area (Å²) < 4.78 is 0. The van der Waals surface area contributed by atoms with Crippen LogP contribution in [0.25, 0.3) is 0 Å².